The molecule has 0 spiro atoms. The van der Waals surface area contributed by atoms with Gasteiger partial charge in [0.05, 0.1) is 0 Å². The molecule has 0 bridgehead atoms. The molecule has 0 saturated heterocycles. The van der Waals surface area contributed by atoms with Crippen LogP contribution in [0.1, 0.15) is 55.3 Å². The molecule has 1 aliphatic rings. The number of carbonyl (C=O) groups is 1. The fraction of sp³-hybridized carbons (Fsp3) is 0.533. The van der Waals surface area contributed by atoms with Gasteiger partial charge in [-0.2, -0.15) is 0 Å². The molecule has 1 fully saturated rings. The Morgan fingerprint density at radius 2 is 1.76 bits per heavy atom. The van der Waals surface area contributed by atoms with E-state index < -0.39 is 0 Å². The highest BCUT2D eigenvalue weighted by atomic mass is 79.9. The summed E-state index contributed by atoms with van der Waals surface area (Å²) >= 11 is 3.38. The summed E-state index contributed by atoms with van der Waals surface area (Å²) in [5.74, 6) is 1.09. The maximum atomic E-state index is 12.0. The zero-order valence-corrected chi connectivity index (χ0v) is 11.7. The van der Waals surface area contributed by atoms with E-state index in [0.717, 1.165) is 22.4 Å². The third-order valence-corrected chi connectivity index (χ3v) is 4.20. The number of carbonyl (C=O) groups excluding carboxylic acids is 1. The number of Topliss-reactive ketones (excluding diaryl/α,β-unsaturated/α-hetero) is 1. The van der Waals surface area contributed by atoms with Gasteiger partial charge in [0, 0.05) is 16.5 Å². The molecule has 0 atom stereocenters. The SMILES string of the molecule is O=C(CCC1CCCCC1)c1ccc(Br)cc1. The van der Waals surface area contributed by atoms with Crippen LogP contribution >= 0.6 is 15.9 Å². The highest BCUT2D eigenvalue weighted by Gasteiger charge is 2.15. The lowest BCUT2D eigenvalue weighted by molar-refractivity contribution is 0.0970. The van der Waals surface area contributed by atoms with E-state index in [0.29, 0.717) is 12.2 Å². The fourth-order valence-electron chi connectivity index (χ4n) is 2.59. The van der Waals surface area contributed by atoms with Crippen LogP contribution in [-0.2, 0) is 0 Å². The van der Waals surface area contributed by atoms with Crippen LogP contribution in [0.5, 0.6) is 0 Å². The first-order valence-electron chi connectivity index (χ1n) is 6.54. The molecule has 1 aliphatic carbocycles. The number of hydrogen-bond donors (Lipinski definition) is 0. The van der Waals surface area contributed by atoms with E-state index in [1.54, 1.807) is 0 Å². The second-order valence-corrected chi connectivity index (χ2v) is 5.89. The van der Waals surface area contributed by atoms with Crippen molar-refractivity contribution in [3.8, 4) is 0 Å². The fourth-order valence-corrected chi connectivity index (χ4v) is 2.86. The van der Waals surface area contributed by atoms with Crippen molar-refractivity contribution in [2.45, 2.75) is 44.9 Å². The molecule has 17 heavy (non-hydrogen) atoms. The van der Waals surface area contributed by atoms with Crippen LogP contribution in [0.2, 0.25) is 0 Å². The van der Waals surface area contributed by atoms with Crippen LogP contribution in [0.15, 0.2) is 28.7 Å². The minimum Gasteiger partial charge on any atom is -0.294 e. The second-order valence-electron chi connectivity index (χ2n) is 4.97. The molecule has 1 aromatic carbocycles. The van der Waals surface area contributed by atoms with E-state index in [4.69, 9.17) is 0 Å². The van der Waals surface area contributed by atoms with Gasteiger partial charge in [-0.1, -0.05) is 60.2 Å². The molecule has 2 heteroatoms. The highest BCUT2D eigenvalue weighted by molar-refractivity contribution is 9.10. The highest BCUT2D eigenvalue weighted by Crippen LogP contribution is 2.27. The summed E-state index contributed by atoms with van der Waals surface area (Å²) < 4.78 is 1.03. The van der Waals surface area contributed by atoms with E-state index >= 15 is 0 Å². The van der Waals surface area contributed by atoms with Crippen LogP contribution in [0.3, 0.4) is 0 Å². The first kappa shape index (κ1) is 12.8. The summed E-state index contributed by atoms with van der Waals surface area (Å²) in [6.45, 7) is 0. The van der Waals surface area contributed by atoms with Gasteiger partial charge in [0.2, 0.25) is 0 Å². The van der Waals surface area contributed by atoms with Crippen LogP contribution in [0, 0.1) is 5.92 Å². The maximum Gasteiger partial charge on any atom is 0.162 e. The zero-order valence-electron chi connectivity index (χ0n) is 10.1. The Bertz CT molecular complexity index is 363. The lowest BCUT2D eigenvalue weighted by Gasteiger charge is -2.20. The average Bonchev–Trinajstić information content (AvgIpc) is 2.38. The first-order chi connectivity index (χ1) is 8.25. The number of halogens is 1. The van der Waals surface area contributed by atoms with Gasteiger partial charge in [0.25, 0.3) is 0 Å². The molecule has 92 valence electrons. The van der Waals surface area contributed by atoms with Gasteiger partial charge in [-0.25, -0.2) is 0 Å². The van der Waals surface area contributed by atoms with Crippen LogP contribution < -0.4 is 0 Å². The number of benzene rings is 1. The third kappa shape index (κ3) is 3.95. The standard InChI is InChI=1S/C15H19BrO/c16-14-9-7-13(8-10-14)15(17)11-6-12-4-2-1-3-5-12/h7-10,12H,1-6,11H2. The second kappa shape index (κ2) is 6.34. The van der Waals surface area contributed by atoms with E-state index in [1.807, 2.05) is 24.3 Å². The number of hydrogen-bond acceptors (Lipinski definition) is 1. The zero-order chi connectivity index (χ0) is 12.1. The molecule has 0 N–H and O–H groups in total. The molecule has 1 nitrogen and oxygen atoms in total. The van der Waals surface area contributed by atoms with E-state index in [9.17, 15) is 4.79 Å². The van der Waals surface area contributed by atoms with Crippen molar-refractivity contribution in [1.82, 2.24) is 0 Å². The molecular formula is C15H19BrO. The van der Waals surface area contributed by atoms with E-state index in [2.05, 4.69) is 15.9 Å². The van der Waals surface area contributed by atoms with Gasteiger partial charge < -0.3 is 0 Å². The summed E-state index contributed by atoms with van der Waals surface area (Å²) in [7, 11) is 0. The van der Waals surface area contributed by atoms with Crippen LogP contribution in [0.4, 0.5) is 0 Å². The van der Waals surface area contributed by atoms with Crippen LogP contribution in [0.25, 0.3) is 0 Å². The number of rotatable bonds is 4. The normalized spacial score (nSPS) is 17.0. The van der Waals surface area contributed by atoms with Crippen molar-refractivity contribution in [3.05, 3.63) is 34.3 Å². The van der Waals surface area contributed by atoms with Gasteiger partial charge in [0.15, 0.2) is 5.78 Å². The number of ketones is 1. The molecule has 2 rings (SSSR count). The van der Waals surface area contributed by atoms with Crippen molar-refractivity contribution in [3.63, 3.8) is 0 Å². The molecular weight excluding hydrogens is 276 g/mol. The third-order valence-electron chi connectivity index (χ3n) is 3.67. The Hall–Kier alpha value is -0.630. The summed E-state index contributed by atoms with van der Waals surface area (Å²) in [4.78, 5) is 12.0. The Morgan fingerprint density at radius 1 is 1.12 bits per heavy atom. The predicted molar refractivity (Wildman–Crippen MR) is 74.3 cm³/mol. The van der Waals surface area contributed by atoms with E-state index in [1.165, 1.54) is 32.1 Å². The van der Waals surface area contributed by atoms with Crippen LogP contribution in [-0.4, -0.2) is 5.78 Å². The van der Waals surface area contributed by atoms with E-state index in [-0.39, 0.29) is 0 Å². The van der Waals surface area contributed by atoms with Crippen molar-refractivity contribution in [2.75, 3.05) is 0 Å². The van der Waals surface area contributed by atoms with Gasteiger partial charge in [0.1, 0.15) is 0 Å². The summed E-state index contributed by atoms with van der Waals surface area (Å²) in [5.41, 5.74) is 0.851. The monoisotopic (exact) mass is 294 g/mol. The predicted octanol–water partition coefficient (Wildman–Crippen LogP) is 4.99. The molecule has 0 aliphatic heterocycles. The Balaban J connectivity index is 1.82. The summed E-state index contributed by atoms with van der Waals surface area (Å²) in [5, 5.41) is 0. The molecule has 0 unspecified atom stereocenters. The smallest absolute Gasteiger partial charge is 0.162 e. The topological polar surface area (TPSA) is 17.1 Å². The van der Waals surface area contributed by atoms with Gasteiger partial charge in [-0.05, 0) is 24.5 Å². The van der Waals surface area contributed by atoms with Crippen molar-refractivity contribution in [1.29, 1.82) is 0 Å². The lowest BCUT2D eigenvalue weighted by Crippen LogP contribution is -2.09. The first-order valence-corrected chi connectivity index (χ1v) is 7.34. The van der Waals surface area contributed by atoms with Crippen molar-refractivity contribution < 1.29 is 4.79 Å². The molecule has 1 aromatic rings. The Morgan fingerprint density at radius 3 is 2.41 bits per heavy atom. The molecule has 1 saturated carbocycles. The summed E-state index contributed by atoms with van der Waals surface area (Å²) in [6.07, 6.45) is 8.55. The van der Waals surface area contributed by atoms with Gasteiger partial charge in [-0.3, -0.25) is 4.79 Å². The molecule has 0 amide bonds. The minimum atomic E-state index is 0.295. The Kier molecular flexibility index (Phi) is 4.78. The largest absolute Gasteiger partial charge is 0.294 e. The maximum absolute atomic E-state index is 12.0. The minimum absolute atomic E-state index is 0.295. The summed E-state index contributed by atoms with van der Waals surface area (Å²) in [6, 6.07) is 7.70. The van der Waals surface area contributed by atoms with Crippen molar-refractivity contribution >= 4 is 21.7 Å². The van der Waals surface area contributed by atoms with Crippen molar-refractivity contribution in [2.24, 2.45) is 5.92 Å². The Labute approximate surface area is 112 Å². The average molecular weight is 295 g/mol. The quantitative estimate of drug-likeness (QED) is 0.715. The lowest BCUT2D eigenvalue weighted by atomic mass is 9.85. The molecule has 0 aromatic heterocycles. The van der Waals surface area contributed by atoms with Gasteiger partial charge in [-0.15, -0.1) is 0 Å². The van der Waals surface area contributed by atoms with Gasteiger partial charge >= 0.3 is 0 Å². The molecule has 0 heterocycles. The molecule has 0 radical (unpaired) electrons.